The summed E-state index contributed by atoms with van der Waals surface area (Å²) in [6.07, 6.45) is 0. The summed E-state index contributed by atoms with van der Waals surface area (Å²) in [4.78, 5) is 12.7. The molecule has 2 aromatic carbocycles. The van der Waals surface area contributed by atoms with Crippen molar-refractivity contribution in [2.24, 2.45) is 0 Å². The number of anilines is 1. The first-order chi connectivity index (χ1) is 13.0. The number of amides is 1. The summed E-state index contributed by atoms with van der Waals surface area (Å²) < 4.78 is 16.1. The van der Waals surface area contributed by atoms with Crippen LogP contribution in [0.3, 0.4) is 0 Å². The van der Waals surface area contributed by atoms with Gasteiger partial charge in [-0.2, -0.15) is 0 Å². The minimum Gasteiger partial charge on any atom is -0.497 e. The second kappa shape index (κ2) is 8.14. The molecule has 0 aliphatic rings. The average Bonchev–Trinajstić information content (AvgIpc) is 3.04. The lowest BCUT2D eigenvalue weighted by Crippen LogP contribution is -2.16. The Kier molecular flexibility index (Phi) is 5.66. The molecule has 0 radical (unpaired) electrons. The molecule has 0 unspecified atom stereocenters. The van der Waals surface area contributed by atoms with Crippen molar-refractivity contribution in [3.05, 3.63) is 70.1 Å². The SMILES string of the molecule is COc1ccc(OCc2c(C(=O)Nc3cc(Cl)ccc3C)noc2C)cc1. The first kappa shape index (κ1) is 18.8. The first-order valence-electron chi connectivity index (χ1n) is 8.27. The van der Waals surface area contributed by atoms with Crippen LogP contribution >= 0.6 is 11.6 Å². The van der Waals surface area contributed by atoms with Crippen LogP contribution in [0.1, 0.15) is 27.4 Å². The van der Waals surface area contributed by atoms with E-state index in [1.807, 2.05) is 13.0 Å². The fourth-order valence-electron chi connectivity index (χ4n) is 2.48. The number of halogens is 1. The minimum absolute atomic E-state index is 0.152. The van der Waals surface area contributed by atoms with Gasteiger partial charge in [-0.25, -0.2) is 0 Å². The number of hydrogen-bond acceptors (Lipinski definition) is 5. The topological polar surface area (TPSA) is 73.6 Å². The number of methoxy groups -OCH3 is 1. The van der Waals surface area contributed by atoms with E-state index < -0.39 is 0 Å². The van der Waals surface area contributed by atoms with Crippen LogP contribution in [0.4, 0.5) is 5.69 Å². The molecule has 0 saturated carbocycles. The predicted molar refractivity (Wildman–Crippen MR) is 103 cm³/mol. The van der Waals surface area contributed by atoms with Crippen LogP contribution in [-0.4, -0.2) is 18.2 Å². The summed E-state index contributed by atoms with van der Waals surface area (Å²) in [5.74, 6) is 1.52. The van der Waals surface area contributed by atoms with Crippen LogP contribution in [0.2, 0.25) is 5.02 Å². The molecule has 0 fully saturated rings. The quantitative estimate of drug-likeness (QED) is 0.659. The number of nitrogens with one attached hydrogen (secondary N) is 1. The lowest BCUT2D eigenvalue weighted by atomic mass is 10.1. The van der Waals surface area contributed by atoms with Gasteiger partial charge in [0.15, 0.2) is 5.69 Å². The van der Waals surface area contributed by atoms with Gasteiger partial charge in [-0.3, -0.25) is 4.79 Å². The molecular formula is C20H19ClN2O4. The molecular weight excluding hydrogens is 368 g/mol. The fourth-order valence-corrected chi connectivity index (χ4v) is 2.65. The molecule has 3 aromatic rings. The van der Waals surface area contributed by atoms with Crippen LogP contribution in [0.15, 0.2) is 47.0 Å². The van der Waals surface area contributed by atoms with Crippen LogP contribution in [-0.2, 0) is 6.61 Å². The molecule has 3 rings (SSSR count). The van der Waals surface area contributed by atoms with Crippen molar-refractivity contribution in [3.8, 4) is 11.5 Å². The maximum Gasteiger partial charge on any atom is 0.278 e. The van der Waals surface area contributed by atoms with Gasteiger partial charge in [-0.15, -0.1) is 0 Å². The van der Waals surface area contributed by atoms with Gasteiger partial charge in [0.2, 0.25) is 0 Å². The first-order valence-corrected chi connectivity index (χ1v) is 8.65. The monoisotopic (exact) mass is 386 g/mol. The lowest BCUT2D eigenvalue weighted by molar-refractivity contribution is 0.101. The summed E-state index contributed by atoms with van der Waals surface area (Å²) in [5.41, 5.74) is 2.28. The van der Waals surface area contributed by atoms with Gasteiger partial charge in [-0.05, 0) is 55.8 Å². The minimum atomic E-state index is -0.384. The van der Waals surface area contributed by atoms with Crippen molar-refractivity contribution in [1.82, 2.24) is 5.16 Å². The van der Waals surface area contributed by atoms with Crippen molar-refractivity contribution in [2.75, 3.05) is 12.4 Å². The fraction of sp³-hybridized carbons (Fsp3) is 0.200. The van der Waals surface area contributed by atoms with Crippen molar-refractivity contribution in [1.29, 1.82) is 0 Å². The Bertz CT molecular complexity index is 951. The highest BCUT2D eigenvalue weighted by atomic mass is 35.5. The van der Waals surface area contributed by atoms with Crippen LogP contribution < -0.4 is 14.8 Å². The van der Waals surface area contributed by atoms with Crippen LogP contribution in [0.25, 0.3) is 0 Å². The van der Waals surface area contributed by atoms with E-state index in [2.05, 4.69) is 10.5 Å². The van der Waals surface area contributed by atoms with E-state index in [0.29, 0.717) is 27.8 Å². The molecule has 1 N–H and O–H groups in total. The van der Waals surface area contributed by atoms with Gasteiger partial charge in [0.1, 0.15) is 23.9 Å². The third-order valence-corrected chi connectivity index (χ3v) is 4.33. The molecule has 1 amide bonds. The Balaban J connectivity index is 1.75. The third kappa shape index (κ3) is 4.41. The van der Waals surface area contributed by atoms with Gasteiger partial charge >= 0.3 is 0 Å². The van der Waals surface area contributed by atoms with E-state index in [-0.39, 0.29) is 18.2 Å². The molecule has 1 aromatic heterocycles. The zero-order valence-corrected chi connectivity index (χ0v) is 16.0. The van der Waals surface area contributed by atoms with Crippen LogP contribution in [0.5, 0.6) is 11.5 Å². The Morgan fingerprint density at radius 3 is 2.56 bits per heavy atom. The number of nitrogens with zero attached hydrogens (tertiary/aromatic N) is 1. The van der Waals surface area contributed by atoms with Crippen molar-refractivity contribution < 1.29 is 18.8 Å². The van der Waals surface area contributed by atoms with Gasteiger partial charge < -0.3 is 19.3 Å². The zero-order chi connectivity index (χ0) is 19.4. The number of carbonyl (C=O) groups excluding carboxylic acids is 1. The molecule has 0 aliphatic heterocycles. The molecule has 6 nitrogen and oxygen atoms in total. The molecule has 0 atom stereocenters. The van der Waals surface area contributed by atoms with Crippen molar-refractivity contribution in [3.63, 3.8) is 0 Å². The highest BCUT2D eigenvalue weighted by Gasteiger charge is 2.21. The number of carbonyl (C=O) groups is 1. The van der Waals surface area contributed by atoms with Crippen molar-refractivity contribution in [2.45, 2.75) is 20.5 Å². The number of aromatic nitrogens is 1. The summed E-state index contributed by atoms with van der Waals surface area (Å²) in [5, 5.41) is 7.24. The Morgan fingerprint density at radius 1 is 1.15 bits per heavy atom. The Hall–Kier alpha value is -2.99. The maximum atomic E-state index is 12.7. The normalized spacial score (nSPS) is 10.5. The standard InChI is InChI=1S/C20H19ClN2O4/c1-12-4-5-14(21)10-18(12)22-20(24)19-17(13(2)27-23-19)11-26-16-8-6-15(25-3)7-9-16/h4-10H,11H2,1-3H3,(H,22,24). The number of benzene rings is 2. The van der Waals surface area contributed by atoms with E-state index >= 15 is 0 Å². The molecule has 0 saturated heterocycles. The van der Waals surface area contributed by atoms with Crippen LogP contribution in [0, 0.1) is 13.8 Å². The second-order valence-electron chi connectivity index (χ2n) is 5.94. The van der Waals surface area contributed by atoms with Gasteiger partial charge in [0.25, 0.3) is 5.91 Å². The summed E-state index contributed by atoms with van der Waals surface area (Å²) in [7, 11) is 1.60. The lowest BCUT2D eigenvalue weighted by Gasteiger charge is -2.09. The van der Waals surface area contributed by atoms with Gasteiger partial charge in [0.05, 0.1) is 12.7 Å². The zero-order valence-electron chi connectivity index (χ0n) is 15.2. The number of hydrogen-bond donors (Lipinski definition) is 1. The van der Waals surface area contributed by atoms with E-state index in [9.17, 15) is 4.79 Å². The Morgan fingerprint density at radius 2 is 1.85 bits per heavy atom. The molecule has 0 bridgehead atoms. The second-order valence-corrected chi connectivity index (χ2v) is 6.38. The predicted octanol–water partition coefficient (Wildman–Crippen LogP) is 4.78. The third-order valence-electron chi connectivity index (χ3n) is 4.09. The van der Waals surface area contributed by atoms with E-state index in [4.69, 9.17) is 25.6 Å². The molecule has 27 heavy (non-hydrogen) atoms. The summed E-state index contributed by atoms with van der Waals surface area (Å²) in [6.45, 7) is 3.77. The summed E-state index contributed by atoms with van der Waals surface area (Å²) in [6, 6.07) is 12.5. The van der Waals surface area contributed by atoms with E-state index in [1.165, 1.54) is 0 Å². The molecule has 1 heterocycles. The maximum absolute atomic E-state index is 12.7. The number of aryl methyl sites for hydroxylation is 2. The van der Waals surface area contributed by atoms with Gasteiger partial charge in [0, 0.05) is 10.7 Å². The number of rotatable bonds is 6. The average molecular weight is 387 g/mol. The van der Waals surface area contributed by atoms with Gasteiger partial charge in [-0.1, -0.05) is 22.8 Å². The number of ether oxygens (including phenoxy) is 2. The highest BCUT2D eigenvalue weighted by Crippen LogP contribution is 2.23. The highest BCUT2D eigenvalue weighted by molar-refractivity contribution is 6.31. The van der Waals surface area contributed by atoms with E-state index in [1.54, 1.807) is 50.4 Å². The molecule has 0 aliphatic carbocycles. The molecule has 7 heteroatoms. The largest absolute Gasteiger partial charge is 0.497 e. The molecule has 140 valence electrons. The smallest absolute Gasteiger partial charge is 0.278 e. The molecule has 0 spiro atoms. The Labute approximate surface area is 162 Å². The van der Waals surface area contributed by atoms with E-state index in [0.717, 1.165) is 11.3 Å². The van der Waals surface area contributed by atoms with Crippen molar-refractivity contribution >= 4 is 23.2 Å². The summed E-state index contributed by atoms with van der Waals surface area (Å²) >= 11 is 6.01.